The van der Waals surface area contributed by atoms with E-state index in [2.05, 4.69) is 28.9 Å². The van der Waals surface area contributed by atoms with E-state index in [9.17, 15) is 4.79 Å². The Hall–Kier alpha value is -1.10. The van der Waals surface area contributed by atoms with Crippen molar-refractivity contribution in [2.75, 3.05) is 19.0 Å². The number of carbonyl (C=O) groups excluding carboxylic acids is 1. The van der Waals surface area contributed by atoms with Gasteiger partial charge in [0.1, 0.15) is 0 Å². The predicted octanol–water partition coefficient (Wildman–Crippen LogP) is 3.56. The minimum Gasteiger partial charge on any atom is -0.464 e. The Bertz CT molecular complexity index is 366. The van der Waals surface area contributed by atoms with Gasteiger partial charge in [0.05, 0.1) is 7.11 Å². The molecule has 1 aromatic rings. The van der Waals surface area contributed by atoms with Gasteiger partial charge < -0.3 is 10.1 Å². The summed E-state index contributed by atoms with van der Waals surface area (Å²) in [6, 6.07) is 0. The topological polar surface area (TPSA) is 51.2 Å². The molecule has 102 valence electrons. The minimum atomic E-state index is -0.377. The van der Waals surface area contributed by atoms with Gasteiger partial charge in [0, 0.05) is 11.9 Å². The number of methoxy groups -OCH3 is 1. The number of nitrogens with zero attached hydrogens (tertiary/aromatic N) is 1. The van der Waals surface area contributed by atoms with E-state index in [0.717, 1.165) is 11.7 Å². The van der Waals surface area contributed by atoms with Crippen LogP contribution in [0.4, 0.5) is 5.13 Å². The number of nitrogens with one attached hydrogen (secondary N) is 1. The molecule has 0 spiro atoms. The zero-order valence-electron chi connectivity index (χ0n) is 11.4. The van der Waals surface area contributed by atoms with Crippen molar-refractivity contribution in [2.24, 2.45) is 5.92 Å². The summed E-state index contributed by atoms with van der Waals surface area (Å²) in [7, 11) is 1.37. The SMILES string of the molecule is CCCCC(CC)CNc1nc(C(=O)OC)cs1. The Balaban J connectivity index is 2.42. The Kier molecular flexibility index (Phi) is 6.72. The molecule has 0 saturated heterocycles. The maximum absolute atomic E-state index is 11.3. The molecule has 18 heavy (non-hydrogen) atoms. The van der Waals surface area contributed by atoms with Gasteiger partial charge in [-0.3, -0.25) is 0 Å². The molecule has 1 aromatic heterocycles. The monoisotopic (exact) mass is 270 g/mol. The molecule has 4 nitrogen and oxygen atoms in total. The Morgan fingerprint density at radius 2 is 2.33 bits per heavy atom. The summed E-state index contributed by atoms with van der Waals surface area (Å²) in [5, 5.41) is 5.82. The van der Waals surface area contributed by atoms with Crippen molar-refractivity contribution < 1.29 is 9.53 Å². The van der Waals surface area contributed by atoms with Gasteiger partial charge in [0.15, 0.2) is 10.8 Å². The highest BCUT2D eigenvalue weighted by Gasteiger charge is 2.11. The summed E-state index contributed by atoms with van der Waals surface area (Å²) < 4.78 is 4.63. The Morgan fingerprint density at radius 1 is 1.56 bits per heavy atom. The van der Waals surface area contributed by atoms with Gasteiger partial charge in [-0.15, -0.1) is 11.3 Å². The van der Waals surface area contributed by atoms with Gasteiger partial charge >= 0.3 is 5.97 Å². The second kappa shape index (κ2) is 8.08. The molecule has 0 aliphatic carbocycles. The third kappa shape index (κ3) is 4.64. The summed E-state index contributed by atoms with van der Waals surface area (Å²) in [6.45, 7) is 5.35. The number of unbranched alkanes of at least 4 members (excludes halogenated alkanes) is 1. The van der Waals surface area contributed by atoms with Crippen LogP contribution in [0.3, 0.4) is 0 Å². The smallest absolute Gasteiger partial charge is 0.357 e. The zero-order chi connectivity index (χ0) is 13.4. The van der Waals surface area contributed by atoms with Crippen LogP contribution in [0.25, 0.3) is 0 Å². The van der Waals surface area contributed by atoms with Gasteiger partial charge in [-0.2, -0.15) is 0 Å². The number of hydrogen-bond donors (Lipinski definition) is 1. The van der Waals surface area contributed by atoms with Crippen LogP contribution in [0.1, 0.15) is 50.0 Å². The highest BCUT2D eigenvalue weighted by Crippen LogP contribution is 2.18. The van der Waals surface area contributed by atoms with Gasteiger partial charge in [-0.1, -0.05) is 33.1 Å². The summed E-state index contributed by atoms with van der Waals surface area (Å²) in [4.78, 5) is 15.5. The van der Waals surface area contributed by atoms with Crippen LogP contribution < -0.4 is 5.32 Å². The summed E-state index contributed by atoms with van der Waals surface area (Å²) in [5.74, 6) is 0.299. The molecule has 1 heterocycles. The van der Waals surface area contributed by atoms with Gasteiger partial charge in [-0.05, 0) is 12.3 Å². The Labute approximate surface area is 113 Å². The quantitative estimate of drug-likeness (QED) is 0.734. The lowest BCUT2D eigenvalue weighted by molar-refractivity contribution is 0.0595. The van der Waals surface area contributed by atoms with E-state index in [1.807, 2.05) is 0 Å². The Morgan fingerprint density at radius 3 is 2.94 bits per heavy atom. The molecule has 0 radical (unpaired) electrons. The summed E-state index contributed by atoms with van der Waals surface area (Å²) in [6.07, 6.45) is 4.92. The van der Waals surface area contributed by atoms with E-state index >= 15 is 0 Å². The van der Waals surface area contributed by atoms with Crippen molar-refractivity contribution in [3.05, 3.63) is 11.1 Å². The van der Waals surface area contributed by atoms with E-state index in [4.69, 9.17) is 0 Å². The van der Waals surface area contributed by atoms with Crippen molar-refractivity contribution >= 4 is 22.4 Å². The fraction of sp³-hybridized carbons (Fsp3) is 0.692. The second-order valence-corrected chi connectivity index (χ2v) is 5.18. The van der Waals surface area contributed by atoms with E-state index in [0.29, 0.717) is 11.6 Å². The van der Waals surface area contributed by atoms with Crippen LogP contribution in [0.5, 0.6) is 0 Å². The molecule has 1 N–H and O–H groups in total. The third-order valence-corrected chi connectivity index (χ3v) is 3.78. The van der Waals surface area contributed by atoms with Crippen molar-refractivity contribution in [3.63, 3.8) is 0 Å². The molecule has 1 rings (SSSR count). The van der Waals surface area contributed by atoms with Crippen molar-refractivity contribution in [3.8, 4) is 0 Å². The predicted molar refractivity (Wildman–Crippen MR) is 75.2 cm³/mol. The highest BCUT2D eigenvalue weighted by atomic mass is 32.1. The van der Waals surface area contributed by atoms with E-state index in [1.54, 1.807) is 5.38 Å². The van der Waals surface area contributed by atoms with Crippen LogP contribution in [-0.4, -0.2) is 24.6 Å². The number of rotatable bonds is 8. The lowest BCUT2D eigenvalue weighted by Gasteiger charge is -2.14. The number of anilines is 1. The molecule has 0 saturated carbocycles. The average Bonchev–Trinajstić information content (AvgIpc) is 2.87. The largest absolute Gasteiger partial charge is 0.464 e. The summed E-state index contributed by atoms with van der Waals surface area (Å²) in [5.41, 5.74) is 0.381. The standard InChI is InChI=1S/C13H22N2O2S/c1-4-6-7-10(5-2)8-14-13-15-11(9-18-13)12(16)17-3/h9-10H,4-8H2,1-3H3,(H,14,15). The number of aromatic nitrogens is 1. The fourth-order valence-electron chi connectivity index (χ4n) is 1.73. The molecular weight excluding hydrogens is 248 g/mol. The van der Waals surface area contributed by atoms with E-state index in [-0.39, 0.29) is 5.97 Å². The van der Waals surface area contributed by atoms with Crippen molar-refractivity contribution in [1.29, 1.82) is 0 Å². The molecule has 0 amide bonds. The maximum Gasteiger partial charge on any atom is 0.357 e. The first-order valence-electron chi connectivity index (χ1n) is 6.48. The normalized spacial score (nSPS) is 12.2. The fourth-order valence-corrected chi connectivity index (χ4v) is 2.42. The number of esters is 1. The molecule has 0 aliphatic rings. The zero-order valence-corrected chi connectivity index (χ0v) is 12.2. The third-order valence-electron chi connectivity index (χ3n) is 2.98. The van der Waals surface area contributed by atoms with Crippen LogP contribution >= 0.6 is 11.3 Å². The van der Waals surface area contributed by atoms with Crippen LogP contribution in [0.15, 0.2) is 5.38 Å². The molecule has 0 bridgehead atoms. The minimum absolute atomic E-state index is 0.377. The highest BCUT2D eigenvalue weighted by molar-refractivity contribution is 7.13. The first-order chi connectivity index (χ1) is 8.71. The molecule has 0 fully saturated rings. The first kappa shape index (κ1) is 15.0. The molecule has 0 aliphatic heterocycles. The van der Waals surface area contributed by atoms with Crippen LogP contribution in [0, 0.1) is 5.92 Å². The maximum atomic E-state index is 11.3. The lowest BCUT2D eigenvalue weighted by Crippen LogP contribution is -2.13. The lowest BCUT2D eigenvalue weighted by atomic mass is 10.00. The molecule has 0 aromatic carbocycles. The molecule has 5 heteroatoms. The average molecular weight is 270 g/mol. The molecular formula is C13H22N2O2S. The number of thiazole rings is 1. The second-order valence-electron chi connectivity index (χ2n) is 4.33. The van der Waals surface area contributed by atoms with E-state index < -0.39 is 0 Å². The van der Waals surface area contributed by atoms with Gasteiger partial charge in [-0.25, -0.2) is 9.78 Å². The van der Waals surface area contributed by atoms with E-state index in [1.165, 1.54) is 44.1 Å². The number of ether oxygens (including phenoxy) is 1. The number of hydrogen-bond acceptors (Lipinski definition) is 5. The van der Waals surface area contributed by atoms with Crippen molar-refractivity contribution in [2.45, 2.75) is 39.5 Å². The van der Waals surface area contributed by atoms with Crippen molar-refractivity contribution in [1.82, 2.24) is 4.98 Å². The molecule has 1 unspecified atom stereocenters. The van der Waals surface area contributed by atoms with Gasteiger partial charge in [0.25, 0.3) is 0 Å². The number of carbonyl (C=O) groups is 1. The van der Waals surface area contributed by atoms with Gasteiger partial charge in [0.2, 0.25) is 0 Å². The summed E-state index contributed by atoms with van der Waals surface area (Å²) >= 11 is 1.45. The first-order valence-corrected chi connectivity index (χ1v) is 7.36. The van der Waals surface area contributed by atoms with Crippen LogP contribution in [-0.2, 0) is 4.74 Å². The molecule has 1 atom stereocenters. The van der Waals surface area contributed by atoms with Crippen LogP contribution in [0.2, 0.25) is 0 Å².